The van der Waals surface area contributed by atoms with Crippen LogP contribution in [-0.2, 0) is 16.6 Å². The molecule has 1 saturated carbocycles. The molecule has 3 fully saturated rings. The van der Waals surface area contributed by atoms with E-state index in [9.17, 15) is 9.59 Å². The average Bonchev–Trinajstić information content (AvgIpc) is 3.28. The molecule has 3 aliphatic rings. The van der Waals surface area contributed by atoms with Crippen LogP contribution < -0.4 is 5.32 Å². The van der Waals surface area contributed by atoms with Gasteiger partial charge in [-0.05, 0) is 24.8 Å². The number of morpholine rings is 1. The van der Waals surface area contributed by atoms with Crippen LogP contribution in [0.3, 0.4) is 0 Å². The third-order valence-electron chi connectivity index (χ3n) is 5.40. The van der Waals surface area contributed by atoms with Gasteiger partial charge >= 0.3 is 0 Å². The molecule has 4 rings (SSSR count). The Morgan fingerprint density at radius 2 is 2.12 bits per heavy atom. The van der Waals surface area contributed by atoms with Crippen molar-refractivity contribution < 1.29 is 14.3 Å². The average molecular weight is 347 g/mol. The number of carbonyl (C=O) groups excluding carboxylic acids is 2. The van der Waals surface area contributed by atoms with E-state index in [0.717, 1.165) is 6.54 Å². The summed E-state index contributed by atoms with van der Waals surface area (Å²) < 4.78 is 7.70. The lowest BCUT2D eigenvalue weighted by Gasteiger charge is -2.55. The molecule has 136 valence electrons. The minimum absolute atomic E-state index is 0.0104. The summed E-state index contributed by atoms with van der Waals surface area (Å²) in [6.07, 6.45) is 4.26. The number of nitrogens with zero attached hydrogens (tertiary/aromatic N) is 4. The van der Waals surface area contributed by atoms with Gasteiger partial charge < -0.3 is 15.0 Å². The largest absolute Gasteiger partial charge is 0.368 e. The second kappa shape index (κ2) is 6.10. The van der Waals surface area contributed by atoms with Crippen molar-refractivity contribution in [3.8, 4) is 0 Å². The Labute approximate surface area is 147 Å². The summed E-state index contributed by atoms with van der Waals surface area (Å²) in [6.45, 7) is 3.15. The molecule has 8 heteroatoms. The third-order valence-corrected chi connectivity index (χ3v) is 5.40. The van der Waals surface area contributed by atoms with Crippen molar-refractivity contribution in [3.63, 3.8) is 0 Å². The Morgan fingerprint density at radius 3 is 2.72 bits per heavy atom. The van der Waals surface area contributed by atoms with Crippen molar-refractivity contribution in [2.24, 2.45) is 13.0 Å². The van der Waals surface area contributed by atoms with E-state index in [1.165, 1.54) is 12.8 Å². The van der Waals surface area contributed by atoms with Gasteiger partial charge in [0, 0.05) is 33.4 Å². The van der Waals surface area contributed by atoms with Crippen LogP contribution in [0.4, 0.5) is 0 Å². The highest BCUT2D eigenvalue weighted by molar-refractivity contribution is 5.93. The number of likely N-dealkylation sites (tertiary alicyclic amines) is 1. The summed E-state index contributed by atoms with van der Waals surface area (Å²) in [7, 11) is 3.46. The van der Waals surface area contributed by atoms with Crippen LogP contribution in [0, 0.1) is 5.92 Å². The molecule has 25 heavy (non-hydrogen) atoms. The molecule has 8 nitrogen and oxygen atoms in total. The van der Waals surface area contributed by atoms with E-state index in [2.05, 4.69) is 15.3 Å². The van der Waals surface area contributed by atoms with E-state index >= 15 is 0 Å². The lowest BCUT2D eigenvalue weighted by atomic mass is 9.89. The van der Waals surface area contributed by atoms with E-state index in [0.29, 0.717) is 37.9 Å². The lowest BCUT2D eigenvalue weighted by Crippen LogP contribution is -2.73. The summed E-state index contributed by atoms with van der Waals surface area (Å²) in [5, 5.41) is 6.91. The molecular formula is C17H25N5O3. The Balaban J connectivity index is 1.40. The molecule has 0 aromatic carbocycles. The van der Waals surface area contributed by atoms with Gasteiger partial charge in [-0.3, -0.25) is 19.2 Å². The van der Waals surface area contributed by atoms with Gasteiger partial charge in [-0.2, -0.15) is 5.10 Å². The molecule has 0 radical (unpaired) electrons. The quantitative estimate of drug-likeness (QED) is 0.792. The normalized spacial score (nSPS) is 25.7. The summed E-state index contributed by atoms with van der Waals surface area (Å²) in [5.74, 6) is 0.655. The first-order valence-electron chi connectivity index (χ1n) is 8.88. The molecule has 1 N–H and O–H groups in total. The van der Waals surface area contributed by atoms with E-state index in [4.69, 9.17) is 4.74 Å². The number of likely N-dealkylation sites (N-methyl/N-ethyl adjacent to an activating group) is 1. The minimum atomic E-state index is -0.343. The van der Waals surface area contributed by atoms with Crippen LogP contribution in [0.2, 0.25) is 0 Å². The smallest absolute Gasteiger partial charge is 0.274 e. The molecule has 1 spiro atoms. The highest BCUT2D eigenvalue weighted by Gasteiger charge is 2.52. The summed E-state index contributed by atoms with van der Waals surface area (Å²) in [6, 6.07) is 1.51. The van der Waals surface area contributed by atoms with Gasteiger partial charge in [0.05, 0.1) is 19.7 Å². The zero-order valence-corrected chi connectivity index (χ0v) is 14.8. The number of ether oxygens (including phenoxy) is 1. The predicted octanol–water partition coefficient (Wildman–Crippen LogP) is -0.528. The fourth-order valence-electron chi connectivity index (χ4n) is 3.79. The van der Waals surface area contributed by atoms with Crippen LogP contribution in [0.5, 0.6) is 0 Å². The molecule has 0 unspecified atom stereocenters. The van der Waals surface area contributed by atoms with Crippen LogP contribution in [-0.4, -0.2) is 82.9 Å². The lowest BCUT2D eigenvalue weighted by molar-refractivity contribution is -0.191. The van der Waals surface area contributed by atoms with Crippen molar-refractivity contribution in [1.29, 1.82) is 0 Å². The topological polar surface area (TPSA) is 79.7 Å². The van der Waals surface area contributed by atoms with Gasteiger partial charge in [0.1, 0.15) is 17.3 Å². The third kappa shape index (κ3) is 3.16. The number of amides is 2. The van der Waals surface area contributed by atoms with Crippen molar-refractivity contribution in [1.82, 2.24) is 24.9 Å². The summed E-state index contributed by atoms with van der Waals surface area (Å²) in [4.78, 5) is 28.6. The zero-order chi connectivity index (χ0) is 17.6. The summed E-state index contributed by atoms with van der Waals surface area (Å²) in [5.41, 5.74) is 0.121. The van der Waals surface area contributed by atoms with Gasteiger partial charge in [-0.15, -0.1) is 0 Å². The number of carbonyl (C=O) groups is 2. The Morgan fingerprint density at radius 1 is 1.36 bits per heavy atom. The van der Waals surface area contributed by atoms with E-state index in [-0.39, 0.29) is 23.5 Å². The first-order chi connectivity index (χ1) is 12.0. The van der Waals surface area contributed by atoms with Crippen molar-refractivity contribution in [2.75, 3.05) is 39.8 Å². The highest BCUT2D eigenvalue weighted by Crippen LogP contribution is 2.36. The maximum Gasteiger partial charge on any atom is 0.274 e. The molecule has 3 heterocycles. The maximum absolute atomic E-state index is 12.5. The second-order valence-corrected chi connectivity index (χ2v) is 7.53. The van der Waals surface area contributed by atoms with E-state index in [1.54, 1.807) is 35.9 Å². The number of aromatic nitrogens is 2. The molecule has 1 aromatic heterocycles. The minimum Gasteiger partial charge on any atom is -0.368 e. The fourth-order valence-corrected chi connectivity index (χ4v) is 3.79. The van der Waals surface area contributed by atoms with Crippen LogP contribution >= 0.6 is 0 Å². The van der Waals surface area contributed by atoms with Crippen molar-refractivity contribution in [3.05, 3.63) is 18.0 Å². The first-order valence-corrected chi connectivity index (χ1v) is 8.88. The number of hydrogen-bond donors (Lipinski definition) is 1. The maximum atomic E-state index is 12.5. The SMILES string of the molecule is CNC(=O)[C@@H]1COC2(CN(C(=O)c3ccn(C)n3)C2)CN1CC1CC1. The number of rotatable bonds is 4. The van der Waals surface area contributed by atoms with Crippen LogP contribution in [0.25, 0.3) is 0 Å². The zero-order valence-electron chi connectivity index (χ0n) is 14.8. The van der Waals surface area contributed by atoms with Gasteiger partial charge in [-0.25, -0.2) is 0 Å². The predicted molar refractivity (Wildman–Crippen MR) is 89.9 cm³/mol. The number of hydrogen-bond acceptors (Lipinski definition) is 5. The molecule has 2 amide bonds. The fraction of sp³-hybridized carbons (Fsp3) is 0.706. The highest BCUT2D eigenvalue weighted by atomic mass is 16.5. The Kier molecular flexibility index (Phi) is 4.04. The molecule has 0 bridgehead atoms. The standard InChI is InChI=1S/C17H25N5O3/c1-18-15(23)14-8-25-17(9-21(14)7-12-3-4-12)10-22(11-17)16(24)13-5-6-20(2)19-13/h5-6,12,14H,3-4,7-11H2,1-2H3,(H,18,23)/t14-/m0/s1. The van der Waals surface area contributed by atoms with Gasteiger partial charge in [0.25, 0.3) is 5.91 Å². The molecule has 2 aliphatic heterocycles. The van der Waals surface area contributed by atoms with Crippen molar-refractivity contribution in [2.45, 2.75) is 24.5 Å². The first kappa shape index (κ1) is 16.5. The van der Waals surface area contributed by atoms with Crippen LogP contribution in [0.15, 0.2) is 12.3 Å². The van der Waals surface area contributed by atoms with Gasteiger partial charge in [0.2, 0.25) is 5.91 Å². The summed E-state index contributed by atoms with van der Waals surface area (Å²) >= 11 is 0. The van der Waals surface area contributed by atoms with E-state index in [1.807, 2.05) is 0 Å². The van der Waals surface area contributed by atoms with Crippen LogP contribution in [0.1, 0.15) is 23.3 Å². The Hall–Kier alpha value is -1.93. The molecule has 2 saturated heterocycles. The second-order valence-electron chi connectivity index (χ2n) is 7.53. The molecule has 1 aromatic rings. The monoisotopic (exact) mass is 347 g/mol. The van der Waals surface area contributed by atoms with Crippen molar-refractivity contribution >= 4 is 11.8 Å². The number of nitrogens with one attached hydrogen (secondary N) is 1. The molecular weight excluding hydrogens is 322 g/mol. The van der Waals surface area contributed by atoms with Gasteiger partial charge in [0.15, 0.2) is 0 Å². The Bertz CT molecular complexity index is 678. The molecule has 1 aliphatic carbocycles. The van der Waals surface area contributed by atoms with Gasteiger partial charge in [-0.1, -0.05) is 0 Å². The molecule has 1 atom stereocenters. The van der Waals surface area contributed by atoms with E-state index < -0.39 is 0 Å². The number of aryl methyl sites for hydroxylation is 1.